The third-order valence-corrected chi connectivity index (χ3v) is 5.18. The highest BCUT2D eigenvalue weighted by atomic mass is 16.2. The summed E-state index contributed by atoms with van der Waals surface area (Å²) in [5.41, 5.74) is 3.95. The molecule has 1 saturated heterocycles. The Morgan fingerprint density at radius 3 is 2.65 bits per heavy atom. The van der Waals surface area contributed by atoms with Gasteiger partial charge in [0, 0.05) is 31.4 Å². The van der Waals surface area contributed by atoms with Gasteiger partial charge in [-0.2, -0.15) is 0 Å². The number of piperidine rings is 1. The van der Waals surface area contributed by atoms with Gasteiger partial charge in [0.1, 0.15) is 12.4 Å². The largest absolute Gasteiger partial charge is 0.341 e. The molecule has 1 aliphatic rings. The van der Waals surface area contributed by atoms with Gasteiger partial charge in [0.2, 0.25) is 5.91 Å². The minimum Gasteiger partial charge on any atom is -0.341 e. The van der Waals surface area contributed by atoms with E-state index in [2.05, 4.69) is 15.0 Å². The number of hydrogen-bond acceptors (Lipinski definition) is 4. The van der Waals surface area contributed by atoms with Crippen molar-refractivity contribution in [2.24, 2.45) is 0 Å². The molecule has 0 atom stereocenters. The molecule has 1 amide bonds. The maximum absolute atomic E-state index is 12.8. The molecule has 0 aliphatic carbocycles. The van der Waals surface area contributed by atoms with Crippen LogP contribution >= 0.6 is 0 Å². The van der Waals surface area contributed by atoms with Crippen molar-refractivity contribution in [3.8, 4) is 0 Å². The maximum atomic E-state index is 12.8. The summed E-state index contributed by atoms with van der Waals surface area (Å²) in [6, 6.07) is 7.96. The van der Waals surface area contributed by atoms with E-state index in [-0.39, 0.29) is 5.91 Å². The van der Waals surface area contributed by atoms with E-state index in [4.69, 9.17) is 0 Å². The third kappa shape index (κ3) is 3.19. The van der Waals surface area contributed by atoms with Crippen LogP contribution in [-0.4, -0.2) is 43.4 Å². The normalized spacial score (nSPS) is 15.5. The van der Waals surface area contributed by atoms with Gasteiger partial charge in [-0.1, -0.05) is 12.1 Å². The van der Waals surface area contributed by atoms with E-state index in [1.54, 1.807) is 6.20 Å². The molecule has 2 aromatic heterocycles. The SMILES string of the molecule is Cc1cncc(C2CCN(C(=O)Cn3c(C)nc4ccccc43)CC2)n1. The summed E-state index contributed by atoms with van der Waals surface area (Å²) < 4.78 is 2.01. The lowest BCUT2D eigenvalue weighted by atomic mass is 9.93. The maximum Gasteiger partial charge on any atom is 0.242 e. The zero-order chi connectivity index (χ0) is 18.1. The molecule has 0 N–H and O–H groups in total. The molecule has 0 radical (unpaired) electrons. The first-order valence-corrected chi connectivity index (χ1v) is 9.10. The molecule has 0 spiro atoms. The zero-order valence-corrected chi connectivity index (χ0v) is 15.2. The molecule has 1 aliphatic heterocycles. The van der Waals surface area contributed by atoms with E-state index in [0.717, 1.165) is 54.2 Å². The van der Waals surface area contributed by atoms with Crippen LogP contribution in [0.5, 0.6) is 0 Å². The predicted octanol–water partition coefficient (Wildman–Crippen LogP) is 2.85. The van der Waals surface area contributed by atoms with Crippen molar-refractivity contribution in [1.82, 2.24) is 24.4 Å². The first-order chi connectivity index (χ1) is 12.6. The number of hydrogen-bond donors (Lipinski definition) is 0. The Morgan fingerprint density at radius 1 is 1.12 bits per heavy atom. The molecule has 1 fully saturated rings. The molecule has 4 rings (SSSR count). The monoisotopic (exact) mass is 349 g/mol. The minimum atomic E-state index is 0.157. The lowest BCUT2D eigenvalue weighted by molar-refractivity contribution is -0.132. The zero-order valence-electron chi connectivity index (χ0n) is 15.2. The topological polar surface area (TPSA) is 63.9 Å². The van der Waals surface area contributed by atoms with Crippen LogP contribution < -0.4 is 0 Å². The van der Waals surface area contributed by atoms with Crippen LogP contribution in [-0.2, 0) is 11.3 Å². The number of likely N-dealkylation sites (tertiary alicyclic amines) is 1. The highest BCUT2D eigenvalue weighted by molar-refractivity contribution is 5.81. The number of rotatable bonds is 3. The van der Waals surface area contributed by atoms with Gasteiger partial charge in [-0.3, -0.25) is 14.8 Å². The second kappa shape index (κ2) is 6.86. The number of carbonyl (C=O) groups is 1. The minimum absolute atomic E-state index is 0.157. The van der Waals surface area contributed by atoms with Crippen molar-refractivity contribution in [2.45, 2.75) is 39.2 Å². The smallest absolute Gasteiger partial charge is 0.242 e. The number of para-hydroxylation sites is 2. The van der Waals surface area contributed by atoms with E-state index in [1.165, 1.54) is 0 Å². The quantitative estimate of drug-likeness (QED) is 0.729. The fraction of sp³-hybridized carbons (Fsp3) is 0.400. The molecule has 6 nitrogen and oxygen atoms in total. The van der Waals surface area contributed by atoms with Gasteiger partial charge < -0.3 is 9.47 Å². The van der Waals surface area contributed by atoms with Gasteiger partial charge in [0.15, 0.2) is 0 Å². The molecule has 0 saturated carbocycles. The first-order valence-electron chi connectivity index (χ1n) is 9.10. The fourth-order valence-corrected chi connectivity index (χ4v) is 3.74. The molecular weight excluding hydrogens is 326 g/mol. The summed E-state index contributed by atoms with van der Waals surface area (Å²) in [6.07, 6.45) is 5.51. The van der Waals surface area contributed by atoms with Crippen LogP contribution in [0.1, 0.15) is 36.0 Å². The molecule has 3 aromatic rings. The van der Waals surface area contributed by atoms with Crippen molar-refractivity contribution in [2.75, 3.05) is 13.1 Å². The van der Waals surface area contributed by atoms with Crippen molar-refractivity contribution < 1.29 is 4.79 Å². The van der Waals surface area contributed by atoms with E-state index in [9.17, 15) is 4.79 Å². The van der Waals surface area contributed by atoms with E-state index in [0.29, 0.717) is 12.5 Å². The number of fused-ring (bicyclic) bond motifs is 1. The molecule has 6 heteroatoms. The second-order valence-electron chi connectivity index (χ2n) is 6.97. The highest BCUT2D eigenvalue weighted by Gasteiger charge is 2.25. The number of aryl methyl sites for hydroxylation is 2. The van der Waals surface area contributed by atoms with Crippen LogP contribution in [0.4, 0.5) is 0 Å². The summed E-state index contributed by atoms with van der Waals surface area (Å²) >= 11 is 0. The summed E-state index contributed by atoms with van der Waals surface area (Å²) in [6.45, 7) is 5.81. The fourth-order valence-electron chi connectivity index (χ4n) is 3.74. The van der Waals surface area contributed by atoms with Crippen molar-refractivity contribution >= 4 is 16.9 Å². The summed E-state index contributed by atoms with van der Waals surface area (Å²) in [7, 11) is 0. The Labute approximate surface area is 152 Å². The second-order valence-corrected chi connectivity index (χ2v) is 6.97. The Bertz CT molecular complexity index is 940. The predicted molar refractivity (Wildman–Crippen MR) is 99.8 cm³/mol. The standard InChI is InChI=1S/C20H23N5O/c1-14-11-21-12-18(22-14)16-7-9-24(10-8-16)20(26)13-25-15(2)23-17-5-3-4-6-19(17)25/h3-6,11-12,16H,7-10,13H2,1-2H3. The van der Waals surface area contributed by atoms with Crippen LogP contribution in [0.25, 0.3) is 11.0 Å². The average molecular weight is 349 g/mol. The van der Waals surface area contributed by atoms with E-state index in [1.807, 2.05) is 53.8 Å². The van der Waals surface area contributed by atoms with Crippen molar-refractivity contribution in [3.63, 3.8) is 0 Å². The Kier molecular flexibility index (Phi) is 4.41. The molecule has 3 heterocycles. The van der Waals surface area contributed by atoms with Gasteiger partial charge in [-0.25, -0.2) is 4.98 Å². The van der Waals surface area contributed by atoms with E-state index >= 15 is 0 Å². The van der Waals surface area contributed by atoms with Gasteiger partial charge >= 0.3 is 0 Å². The van der Waals surface area contributed by atoms with Crippen LogP contribution in [0.15, 0.2) is 36.7 Å². The lowest BCUT2D eigenvalue weighted by Crippen LogP contribution is -2.40. The number of carbonyl (C=O) groups excluding carboxylic acids is 1. The molecule has 1 aromatic carbocycles. The average Bonchev–Trinajstić information content (AvgIpc) is 2.97. The third-order valence-electron chi connectivity index (χ3n) is 5.18. The van der Waals surface area contributed by atoms with Gasteiger partial charge in [0.25, 0.3) is 0 Å². The number of imidazole rings is 1. The molecular formula is C20H23N5O. The number of benzene rings is 1. The Hall–Kier alpha value is -2.76. The molecule has 134 valence electrons. The lowest BCUT2D eigenvalue weighted by Gasteiger charge is -2.32. The number of nitrogens with zero attached hydrogens (tertiary/aromatic N) is 5. The summed E-state index contributed by atoms with van der Waals surface area (Å²) in [5.74, 6) is 1.43. The molecule has 0 bridgehead atoms. The summed E-state index contributed by atoms with van der Waals surface area (Å²) in [4.78, 5) is 28.2. The van der Waals surface area contributed by atoms with Gasteiger partial charge in [-0.15, -0.1) is 0 Å². The highest BCUT2D eigenvalue weighted by Crippen LogP contribution is 2.26. The van der Waals surface area contributed by atoms with Crippen LogP contribution in [0.2, 0.25) is 0 Å². The Balaban J connectivity index is 1.43. The summed E-state index contributed by atoms with van der Waals surface area (Å²) in [5, 5.41) is 0. The molecule has 26 heavy (non-hydrogen) atoms. The van der Waals surface area contributed by atoms with Gasteiger partial charge in [0.05, 0.1) is 22.4 Å². The van der Waals surface area contributed by atoms with E-state index < -0.39 is 0 Å². The first kappa shape index (κ1) is 16.7. The van der Waals surface area contributed by atoms with Crippen molar-refractivity contribution in [1.29, 1.82) is 0 Å². The Morgan fingerprint density at radius 2 is 1.88 bits per heavy atom. The van der Waals surface area contributed by atoms with Crippen LogP contribution in [0, 0.1) is 13.8 Å². The van der Waals surface area contributed by atoms with Crippen LogP contribution in [0.3, 0.4) is 0 Å². The van der Waals surface area contributed by atoms with Crippen molar-refractivity contribution in [3.05, 3.63) is 53.9 Å². The number of aromatic nitrogens is 4. The molecule has 0 unspecified atom stereocenters. The van der Waals surface area contributed by atoms with Gasteiger partial charge in [-0.05, 0) is 38.8 Å². The number of amides is 1.